The number of amides is 3. The molecule has 180 valence electrons. The third-order valence-corrected chi connectivity index (χ3v) is 5.56. The van der Waals surface area contributed by atoms with Crippen LogP contribution in [0.2, 0.25) is 0 Å². The van der Waals surface area contributed by atoms with E-state index >= 15 is 0 Å². The van der Waals surface area contributed by atoms with E-state index in [1.165, 1.54) is 0 Å². The molecule has 7 heteroatoms. The molecular weight excluding hydrogens is 418 g/mol. The number of anilines is 1. The minimum absolute atomic E-state index is 0.00835. The lowest BCUT2D eigenvalue weighted by Gasteiger charge is -2.26. The van der Waals surface area contributed by atoms with Crippen LogP contribution in [0.1, 0.15) is 53.0 Å². The minimum atomic E-state index is -0.453. The summed E-state index contributed by atoms with van der Waals surface area (Å²) < 4.78 is 5.66. The van der Waals surface area contributed by atoms with Gasteiger partial charge in [0.15, 0.2) is 0 Å². The van der Waals surface area contributed by atoms with E-state index < -0.39 is 6.03 Å². The molecule has 0 fully saturated rings. The molecule has 0 bridgehead atoms. The Morgan fingerprint density at radius 2 is 1.73 bits per heavy atom. The number of hydrogen-bond donors (Lipinski definition) is 3. The van der Waals surface area contributed by atoms with Gasteiger partial charge in [-0.15, -0.1) is 0 Å². The Morgan fingerprint density at radius 1 is 1.09 bits per heavy atom. The number of benzene rings is 2. The van der Waals surface area contributed by atoms with Crippen LogP contribution in [-0.4, -0.2) is 48.7 Å². The lowest BCUT2D eigenvalue weighted by molar-refractivity contribution is -0.130. The van der Waals surface area contributed by atoms with E-state index in [0.717, 1.165) is 5.56 Å². The molecule has 0 atom stereocenters. The standard InChI is InChI=1S/C26H37N3O4/c1-7-29(8-2)21(30)15-12-16-27-25(32)28-23-22(18-13-10-9-11-14-18)20(33-6)17-19(24(23)31)26(3,4)5/h9-11,13-14,17,31H,7-8,12,15-16H2,1-6H3,(H2,27,28,32). The molecule has 0 heterocycles. The van der Waals surface area contributed by atoms with Crippen molar-refractivity contribution in [2.24, 2.45) is 0 Å². The molecule has 2 aromatic rings. The number of carbonyl (C=O) groups is 2. The summed E-state index contributed by atoms with van der Waals surface area (Å²) in [7, 11) is 1.57. The van der Waals surface area contributed by atoms with Gasteiger partial charge in [0.05, 0.1) is 18.4 Å². The van der Waals surface area contributed by atoms with Crippen molar-refractivity contribution in [2.75, 3.05) is 32.1 Å². The van der Waals surface area contributed by atoms with E-state index in [0.29, 0.717) is 55.0 Å². The number of rotatable bonds is 9. The lowest BCUT2D eigenvalue weighted by atomic mass is 9.84. The smallest absolute Gasteiger partial charge is 0.319 e. The molecule has 7 nitrogen and oxygen atoms in total. The highest BCUT2D eigenvalue weighted by Crippen LogP contribution is 2.47. The van der Waals surface area contributed by atoms with E-state index in [1.54, 1.807) is 12.0 Å². The molecule has 0 aromatic heterocycles. The van der Waals surface area contributed by atoms with Gasteiger partial charge >= 0.3 is 6.03 Å². The molecule has 33 heavy (non-hydrogen) atoms. The van der Waals surface area contributed by atoms with Crippen molar-refractivity contribution < 1.29 is 19.4 Å². The zero-order valence-corrected chi connectivity index (χ0v) is 20.6. The maximum atomic E-state index is 12.7. The van der Waals surface area contributed by atoms with Crippen LogP contribution in [0.15, 0.2) is 36.4 Å². The summed E-state index contributed by atoms with van der Waals surface area (Å²) in [6.45, 7) is 11.6. The van der Waals surface area contributed by atoms with Crippen molar-refractivity contribution in [1.82, 2.24) is 10.2 Å². The second-order valence-electron chi connectivity index (χ2n) is 8.89. The van der Waals surface area contributed by atoms with Crippen molar-refractivity contribution in [1.29, 1.82) is 0 Å². The number of ether oxygens (including phenoxy) is 1. The van der Waals surface area contributed by atoms with Gasteiger partial charge in [0.2, 0.25) is 5.91 Å². The topological polar surface area (TPSA) is 90.9 Å². The monoisotopic (exact) mass is 455 g/mol. The highest BCUT2D eigenvalue weighted by Gasteiger charge is 2.27. The SMILES string of the molecule is CCN(CC)C(=O)CCCNC(=O)Nc1c(O)c(C(C)(C)C)cc(OC)c1-c1ccccc1. The van der Waals surface area contributed by atoms with E-state index in [9.17, 15) is 14.7 Å². The fourth-order valence-corrected chi connectivity index (χ4v) is 3.73. The van der Waals surface area contributed by atoms with Gasteiger partial charge in [-0.3, -0.25) is 4.79 Å². The van der Waals surface area contributed by atoms with Crippen molar-refractivity contribution in [3.63, 3.8) is 0 Å². The van der Waals surface area contributed by atoms with Crippen molar-refractivity contribution >= 4 is 17.6 Å². The van der Waals surface area contributed by atoms with Crippen LogP contribution in [-0.2, 0) is 10.2 Å². The van der Waals surface area contributed by atoms with Gasteiger partial charge in [-0.2, -0.15) is 0 Å². The fourth-order valence-electron chi connectivity index (χ4n) is 3.73. The molecule has 0 saturated carbocycles. The molecule has 0 aliphatic heterocycles. The zero-order valence-electron chi connectivity index (χ0n) is 20.6. The highest BCUT2D eigenvalue weighted by atomic mass is 16.5. The van der Waals surface area contributed by atoms with E-state index in [4.69, 9.17) is 4.74 Å². The summed E-state index contributed by atoms with van der Waals surface area (Å²) in [5.74, 6) is 0.645. The number of carbonyl (C=O) groups excluding carboxylic acids is 2. The van der Waals surface area contributed by atoms with Crippen molar-refractivity contribution in [2.45, 2.75) is 52.9 Å². The third-order valence-electron chi connectivity index (χ3n) is 5.56. The highest BCUT2D eigenvalue weighted by molar-refractivity contribution is 5.99. The first-order chi connectivity index (χ1) is 15.6. The van der Waals surface area contributed by atoms with Crippen LogP contribution in [0, 0.1) is 0 Å². The van der Waals surface area contributed by atoms with Gasteiger partial charge in [0.25, 0.3) is 0 Å². The molecule has 0 aliphatic rings. The predicted octanol–water partition coefficient (Wildman–Crippen LogP) is 5.14. The number of nitrogens with zero attached hydrogens (tertiary/aromatic N) is 1. The van der Waals surface area contributed by atoms with Gasteiger partial charge in [-0.1, -0.05) is 51.1 Å². The number of phenols is 1. The summed E-state index contributed by atoms with van der Waals surface area (Å²) in [6, 6.07) is 10.8. The maximum absolute atomic E-state index is 12.7. The first-order valence-corrected chi connectivity index (χ1v) is 11.5. The lowest BCUT2D eigenvalue weighted by Crippen LogP contribution is -2.33. The minimum Gasteiger partial charge on any atom is -0.505 e. The van der Waals surface area contributed by atoms with Crippen LogP contribution in [0.3, 0.4) is 0 Å². The molecule has 3 N–H and O–H groups in total. The third kappa shape index (κ3) is 6.63. The maximum Gasteiger partial charge on any atom is 0.319 e. The van der Waals surface area contributed by atoms with Crippen molar-refractivity contribution in [3.8, 4) is 22.6 Å². The number of hydrogen-bond acceptors (Lipinski definition) is 4. The Kier molecular flexibility index (Phi) is 9.14. The molecule has 2 aromatic carbocycles. The van der Waals surface area contributed by atoms with Gasteiger partial charge < -0.3 is 25.4 Å². The fraction of sp³-hybridized carbons (Fsp3) is 0.462. The Balaban J connectivity index is 2.27. The summed E-state index contributed by atoms with van der Waals surface area (Å²) in [5.41, 5.74) is 2.01. The largest absolute Gasteiger partial charge is 0.505 e. The molecule has 0 unspecified atom stereocenters. The number of phenolic OH excluding ortho intramolecular Hbond substituents is 1. The van der Waals surface area contributed by atoms with Crippen LogP contribution in [0.25, 0.3) is 11.1 Å². The predicted molar refractivity (Wildman–Crippen MR) is 133 cm³/mol. The summed E-state index contributed by atoms with van der Waals surface area (Å²) >= 11 is 0. The summed E-state index contributed by atoms with van der Waals surface area (Å²) in [6.07, 6.45) is 0.904. The number of aromatic hydroxyl groups is 1. The Hall–Kier alpha value is -3.22. The molecule has 0 saturated heterocycles. The molecule has 2 rings (SSSR count). The van der Waals surface area contributed by atoms with Gasteiger partial charge in [-0.25, -0.2) is 4.79 Å². The van der Waals surface area contributed by atoms with Crippen LogP contribution >= 0.6 is 0 Å². The van der Waals surface area contributed by atoms with Crippen LogP contribution in [0.4, 0.5) is 10.5 Å². The number of nitrogens with one attached hydrogen (secondary N) is 2. The van der Waals surface area contributed by atoms with E-state index in [1.807, 2.05) is 71.0 Å². The average molecular weight is 456 g/mol. The summed E-state index contributed by atoms with van der Waals surface area (Å²) in [4.78, 5) is 26.6. The first-order valence-electron chi connectivity index (χ1n) is 11.5. The zero-order chi connectivity index (χ0) is 24.6. The van der Waals surface area contributed by atoms with Crippen molar-refractivity contribution in [3.05, 3.63) is 42.0 Å². The Labute approximate surface area is 197 Å². The molecular formula is C26H37N3O4. The Bertz CT molecular complexity index is 948. The second-order valence-corrected chi connectivity index (χ2v) is 8.89. The normalized spacial score (nSPS) is 11.1. The molecule has 0 spiro atoms. The Morgan fingerprint density at radius 3 is 2.27 bits per heavy atom. The quantitative estimate of drug-likeness (QED) is 0.361. The summed E-state index contributed by atoms with van der Waals surface area (Å²) in [5, 5.41) is 16.8. The second kappa shape index (κ2) is 11.6. The number of methoxy groups -OCH3 is 1. The average Bonchev–Trinajstić information content (AvgIpc) is 2.78. The van der Waals surface area contributed by atoms with Gasteiger partial charge in [0.1, 0.15) is 11.5 Å². The first kappa shape index (κ1) is 26.0. The van der Waals surface area contributed by atoms with Gasteiger partial charge in [0, 0.05) is 31.6 Å². The van der Waals surface area contributed by atoms with Crippen LogP contribution < -0.4 is 15.4 Å². The van der Waals surface area contributed by atoms with E-state index in [2.05, 4.69) is 10.6 Å². The van der Waals surface area contributed by atoms with E-state index in [-0.39, 0.29) is 17.1 Å². The number of urea groups is 1. The molecule has 0 radical (unpaired) electrons. The van der Waals surface area contributed by atoms with Crippen LogP contribution in [0.5, 0.6) is 11.5 Å². The molecule has 3 amide bonds. The van der Waals surface area contributed by atoms with Gasteiger partial charge in [-0.05, 0) is 37.3 Å². The molecule has 0 aliphatic carbocycles.